The molecule has 1 aromatic heterocycles. The molecule has 3 N–H and O–H groups in total. The van der Waals surface area contributed by atoms with E-state index in [2.05, 4.69) is 10.4 Å². The van der Waals surface area contributed by atoms with Crippen molar-refractivity contribution in [3.8, 4) is 11.5 Å². The Kier molecular flexibility index (Phi) is 2.34. The summed E-state index contributed by atoms with van der Waals surface area (Å²) < 4.78 is 15.6. The van der Waals surface area contributed by atoms with Gasteiger partial charge in [0.2, 0.25) is 0 Å². The van der Waals surface area contributed by atoms with Gasteiger partial charge in [0.15, 0.2) is 11.3 Å². The number of nitrogen functional groups attached to an aromatic ring is 1. The van der Waals surface area contributed by atoms with Crippen LogP contribution in [0.5, 0.6) is 11.5 Å². The monoisotopic (exact) mass is 209 g/mol. The fraction of sp³-hybridized carbons (Fsp3) is 0.222. The van der Waals surface area contributed by atoms with Gasteiger partial charge in [-0.05, 0) is 0 Å². The van der Waals surface area contributed by atoms with Crippen molar-refractivity contribution in [1.29, 1.82) is 0 Å². The van der Waals surface area contributed by atoms with Crippen LogP contribution in [0.1, 0.15) is 0 Å². The van der Waals surface area contributed by atoms with Gasteiger partial charge >= 0.3 is 6.01 Å². The Morgan fingerprint density at radius 3 is 2.73 bits per heavy atom. The Morgan fingerprint density at radius 1 is 1.33 bits per heavy atom. The standard InChI is InChI=1S/C9H11N3O3/c1-13-5-3-6-8(7(4-5)14-2)15-9(11-6)12-10/h3-4H,10H2,1-2H3,(H,11,12). The minimum absolute atomic E-state index is 0.233. The van der Waals surface area contributed by atoms with E-state index in [4.69, 9.17) is 19.7 Å². The average Bonchev–Trinajstić information content (AvgIpc) is 2.70. The molecule has 15 heavy (non-hydrogen) atoms. The number of methoxy groups -OCH3 is 2. The molecule has 0 unspecified atom stereocenters. The molecule has 2 rings (SSSR count). The molecule has 6 heteroatoms. The van der Waals surface area contributed by atoms with Gasteiger partial charge in [0.25, 0.3) is 0 Å². The third kappa shape index (κ3) is 1.55. The van der Waals surface area contributed by atoms with Gasteiger partial charge in [0.1, 0.15) is 11.3 Å². The van der Waals surface area contributed by atoms with E-state index in [0.29, 0.717) is 22.6 Å². The van der Waals surface area contributed by atoms with E-state index in [-0.39, 0.29) is 6.01 Å². The van der Waals surface area contributed by atoms with E-state index < -0.39 is 0 Å². The zero-order chi connectivity index (χ0) is 10.8. The second kappa shape index (κ2) is 3.66. The molecule has 0 saturated heterocycles. The number of aromatic nitrogens is 1. The first-order valence-electron chi connectivity index (χ1n) is 4.27. The molecular weight excluding hydrogens is 198 g/mol. The van der Waals surface area contributed by atoms with Crippen molar-refractivity contribution in [3.05, 3.63) is 12.1 Å². The molecule has 2 aromatic rings. The number of hydrogen-bond donors (Lipinski definition) is 2. The third-order valence-electron chi connectivity index (χ3n) is 2.01. The lowest BCUT2D eigenvalue weighted by Crippen LogP contribution is -2.06. The van der Waals surface area contributed by atoms with Crippen LogP contribution in [0.4, 0.5) is 6.01 Å². The molecule has 0 aliphatic rings. The minimum atomic E-state index is 0.233. The van der Waals surface area contributed by atoms with Crippen LogP contribution in [-0.4, -0.2) is 19.2 Å². The quantitative estimate of drug-likeness (QED) is 0.582. The highest BCUT2D eigenvalue weighted by Crippen LogP contribution is 2.32. The molecule has 0 atom stereocenters. The molecule has 0 aliphatic heterocycles. The second-order valence-electron chi connectivity index (χ2n) is 2.84. The summed E-state index contributed by atoms with van der Waals surface area (Å²) in [5.74, 6) is 6.40. The molecule has 0 saturated carbocycles. The van der Waals surface area contributed by atoms with Gasteiger partial charge in [-0.1, -0.05) is 0 Å². The summed E-state index contributed by atoms with van der Waals surface area (Å²) in [5.41, 5.74) is 3.49. The van der Waals surface area contributed by atoms with Crippen LogP contribution < -0.4 is 20.7 Å². The molecule has 0 radical (unpaired) electrons. The zero-order valence-electron chi connectivity index (χ0n) is 8.40. The van der Waals surface area contributed by atoms with Crippen molar-refractivity contribution < 1.29 is 13.9 Å². The molecule has 1 heterocycles. The maximum atomic E-state index is 5.31. The van der Waals surface area contributed by atoms with E-state index in [1.807, 2.05) is 0 Å². The zero-order valence-corrected chi connectivity index (χ0v) is 8.40. The van der Waals surface area contributed by atoms with Crippen molar-refractivity contribution in [2.75, 3.05) is 19.6 Å². The lowest BCUT2D eigenvalue weighted by molar-refractivity contribution is 0.393. The number of ether oxygens (including phenoxy) is 2. The highest BCUT2D eigenvalue weighted by Gasteiger charge is 2.12. The third-order valence-corrected chi connectivity index (χ3v) is 2.01. The number of fused-ring (bicyclic) bond motifs is 1. The molecular formula is C9H11N3O3. The van der Waals surface area contributed by atoms with Crippen LogP contribution >= 0.6 is 0 Å². The topological polar surface area (TPSA) is 82.5 Å². The fourth-order valence-electron chi connectivity index (χ4n) is 1.31. The summed E-state index contributed by atoms with van der Waals surface area (Å²) >= 11 is 0. The van der Waals surface area contributed by atoms with Crippen LogP contribution in [0, 0.1) is 0 Å². The summed E-state index contributed by atoms with van der Waals surface area (Å²) in [4.78, 5) is 4.09. The molecule has 0 fully saturated rings. The van der Waals surface area contributed by atoms with Crippen molar-refractivity contribution in [2.45, 2.75) is 0 Å². The van der Waals surface area contributed by atoms with Crippen molar-refractivity contribution >= 4 is 17.1 Å². The fourth-order valence-corrected chi connectivity index (χ4v) is 1.31. The molecule has 0 aliphatic carbocycles. The molecule has 1 aromatic carbocycles. The normalized spacial score (nSPS) is 10.3. The number of anilines is 1. The van der Waals surface area contributed by atoms with E-state index in [1.54, 1.807) is 26.4 Å². The first-order valence-corrected chi connectivity index (χ1v) is 4.27. The van der Waals surface area contributed by atoms with Gasteiger partial charge in [0, 0.05) is 12.1 Å². The predicted molar refractivity (Wildman–Crippen MR) is 54.9 cm³/mol. The number of nitrogens with two attached hydrogens (primary N) is 1. The van der Waals surface area contributed by atoms with Crippen LogP contribution in [0.2, 0.25) is 0 Å². The maximum Gasteiger partial charge on any atom is 0.310 e. The molecule has 0 amide bonds. The Hall–Kier alpha value is -1.95. The van der Waals surface area contributed by atoms with Crippen LogP contribution in [0.3, 0.4) is 0 Å². The van der Waals surface area contributed by atoms with Gasteiger partial charge in [-0.25, -0.2) is 5.84 Å². The SMILES string of the molecule is COc1cc(OC)c2oc(NN)nc2c1. The highest BCUT2D eigenvalue weighted by atomic mass is 16.5. The van der Waals surface area contributed by atoms with Crippen molar-refractivity contribution in [1.82, 2.24) is 4.98 Å². The maximum absolute atomic E-state index is 5.31. The summed E-state index contributed by atoms with van der Waals surface area (Å²) in [6.07, 6.45) is 0. The number of benzene rings is 1. The number of nitrogens with one attached hydrogen (secondary N) is 1. The van der Waals surface area contributed by atoms with Gasteiger partial charge < -0.3 is 13.9 Å². The smallest absolute Gasteiger partial charge is 0.310 e. The average molecular weight is 209 g/mol. The Morgan fingerprint density at radius 2 is 2.13 bits per heavy atom. The van der Waals surface area contributed by atoms with Crippen molar-refractivity contribution in [2.24, 2.45) is 5.84 Å². The first kappa shape index (κ1) is 9.60. The van der Waals surface area contributed by atoms with Gasteiger partial charge in [-0.3, -0.25) is 5.43 Å². The molecule has 80 valence electrons. The van der Waals surface area contributed by atoms with Gasteiger partial charge in [-0.2, -0.15) is 4.98 Å². The first-order chi connectivity index (χ1) is 7.28. The molecule has 0 bridgehead atoms. The second-order valence-corrected chi connectivity index (χ2v) is 2.84. The van der Waals surface area contributed by atoms with Crippen molar-refractivity contribution in [3.63, 3.8) is 0 Å². The Labute approximate surface area is 85.9 Å². The number of hydrogen-bond acceptors (Lipinski definition) is 6. The minimum Gasteiger partial charge on any atom is -0.497 e. The van der Waals surface area contributed by atoms with Crippen LogP contribution in [0.15, 0.2) is 16.5 Å². The van der Waals surface area contributed by atoms with E-state index in [0.717, 1.165) is 0 Å². The highest BCUT2D eigenvalue weighted by molar-refractivity contribution is 5.82. The van der Waals surface area contributed by atoms with E-state index >= 15 is 0 Å². The Balaban J connectivity index is 2.66. The number of rotatable bonds is 3. The number of hydrazine groups is 1. The van der Waals surface area contributed by atoms with Gasteiger partial charge in [-0.15, -0.1) is 0 Å². The summed E-state index contributed by atoms with van der Waals surface area (Å²) in [7, 11) is 3.12. The largest absolute Gasteiger partial charge is 0.497 e. The van der Waals surface area contributed by atoms with Gasteiger partial charge in [0.05, 0.1) is 14.2 Å². The lowest BCUT2D eigenvalue weighted by Gasteiger charge is -2.03. The van der Waals surface area contributed by atoms with E-state index in [1.165, 1.54) is 0 Å². The molecule has 6 nitrogen and oxygen atoms in total. The Bertz CT molecular complexity index is 481. The summed E-state index contributed by atoms with van der Waals surface area (Å²) in [6.45, 7) is 0. The number of nitrogens with zero attached hydrogens (tertiary/aromatic N) is 1. The summed E-state index contributed by atoms with van der Waals surface area (Å²) in [5, 5.41) is 0. The molecule has 0 spiro atoms. The predicted octanol–water partition coefficient (Wildman–Crippen LogP) is 1.13. The summed E-state index contributed by atoms with van der Waals surface area (Å²) in [6, 6.07) is 3.69. The number of oxazole rings is 1. The van der Waals surface area contributed by atoms with Crippen LogP contribution in [0.25, 0.3) is 11.1 Å². The lowest BCUT2D eigenvalue weighted by atomic mass is 10.3. The van der Waals surface area contributed by atoms with E-state index in [9.17, 15) is 0 Å². The van der Waals surface area contributed by atoms with Crippen LogP contribution in [-0.2, 0) is 0 Å².